The lowest BCUT2D eigenvalue weighted by Gasteiger charge is -1.83. The van der Waals surface area contributed by atoms with E-state index in [0.717, 1.165) is 0 Å². The van der Waals surface area contributed by atoms with Crippen LogP contribution in [0.5, 0.6) is 0 Å². The molecule has 0 saturated heterocycles. The van der Waals surface area contributed by atoms with Crippen LogP contribution in [0.25, 0.3) is 0 Å². The monoisotopic (exact) mass is 119 g/mol. The van der Waals surface area contributed by atoms with Gasteiger partial charge in [0, 0.05) is 0 Å². The van der Waals surface area contributed by atoms with Gasteiger partial charge < -0.3 is 0 Å². The Morgan fingerprint density at radius 1 is 1.00 bits per heavy atom. The molecule has 0 rings (SSSR count). The van der Waals surface area contributed by atoms with Crippen molar-refractivity contribution in [2.24, 2.45) is 0 Å². The molecule has 0 aliphatic carbocycles. The summed E-state index contributed by atoms with van der Waals surface area (Å²) in [6.07, 6.45) is -8.92. The molecule has 0 saturated carbocycles. The molecule has 0 radical (unpaired) electrons. The fourth-order valence-corrected chi connectivity index (χ4v) is 0. The van der Waals surface area contributed by atoms with E-state index in [-0.39, 0.29) is 0 Å². The van der Waals surface area contributed by atoms with E-state index in [1.165, 1.54) is 0 Å². The van der Waals surface area contributed by atoms with Gasteiger partial charge in [-0.15, -0.1) is 13.2 Å². The zero-order valence-corrected chi connectivity index (χ0v) is 2.89. The van der Waals surface area contributed by atoms with Crippen molar-refractivity contribution < 1.29 is 22.0 Å². The van der Waals surface area contributed by atoms with Crippen LogP contribution < -0.4 is 0 Å². The van der Waals surface area contributed by atoms with Crippen LogP contribution in [0, 0.1) is 6.43 Å². The molecule has 0 unspecified atom stereocenters. The van der Waals surface area contributed by atoms with Gasteiger partial charge in [-0.05, 0) is 0 Å². The second-order valence-corrected chi connectivity index (χ2v) is 0.758. The van der Waals surface area contributed by atoms with E-state index >= 15 is 0 Å². The Kier molecular flexibility index (Phi) is 1.45. The molecule has 0 aromatic rings. The summed E-state index contributed by atoms with van der Waals surface area (Å²) in [5.41, 5.74) is 0. The summed E-state index contributed by atoms with van der Waals surface area (Å²) >= 11 is 0. The highest BCUT2D eigenvalue weighted by atomic mass is 19.4. The van der Waals surface area contributed by atoms with E-state index < -0.39 is 12.6 Å². The van der Waals surface area contributed by atoms with Crippen LogP contribution in [-0.2, 0) is 0 Å². The molecule has 7 heavy (non-hydrogen) atoms. The summed E-state index contributed by atoms with van der Waals surface area (Å²) in [7, 11) is 0. The van der Waals surface area contributed by atoms with Crippen molar-refractivity contribution in [3.8, 4) is 0 Å². The molecule has 5 heteroatoms. The van der Waals surface area contributed by atoms with Gasteiger partial charge in [-0.3, -0.25) is 0 Å². The Balaban J connectivity index is 3.54. The third-order valence-corrected chi connectivity index (χ3v) is 0.214. The highest BCUT2D eigenvalue weighted by molar-refractivity contribution is 4.69. The van der Waals surface area contributed by atoms with Crippen LogP contribution in [0.15, 0.2) is 0 Å². The van der Waals surface area contributed by atoms with Crippen molar-refractivity contribution in [1.29, 1.82) is 0 Å². The van der Waals surface area contributed by atoms with Gasteiger partial charge >= 0.3 is 12.6 Å². The summed E-state index contributed by atoms with van der Waals surface area (Å²) in [6, 6.07) is 0. The van der Waals surface area contributed by atoms with Crippen LogP contribution in [0.2, 0.25) is 0 Å². The number of rotatable bonds is 0. The van der Waals surface area contributed by atoms with E-state index in [9.17, 15) is 22.0 Å². The quantitative estimate of drug-likeness (QED) is 0.337. The van der Waals surface area contributed by atoms with Crippen LogP contribution in [0.1, 0.15) is 0 Å². The molecular weight excluding hydrogens is 119 g/mol. The van der Waals surface area contributed by atoms with Gasteiger partial charge in [0.05, 0.1) is 8.78 Å². The molecule has 0 aliphatic rings. The molecule has 0 fully saturated rings. The third kappa shape index (κ3) is 2.24. The fraction of sp³-hybridized carbons (Fsp3) is 0.500. The lowest BCUT2D eigenvalue weighted by atomic mass is 10.7. The van der Waals surface area contributed by atoms with Gasteiger partial charge in [0.1, 0.15) is 0 Å². The predicted molar refractivity (Wildman–Crippen MR) is 11.5 cm³/mol. The topological polar surface area (TPSA) is 0 Å². The molecular formula is C2F5+. The molecule has 0 aliphatic heterocycles. The molecule has 0 amide bonds. The SMILES string of the molecule is F[C+](F)C(F)(F)F. The minimum Gasteiger partial charge on any atom is -0.121 e. The summed E-state index contributed by atoms with van der Waals surface area (Å²) in [6.45, 7) is 0. The number of hydrogen-bond donors (Lipinski definition) is 0. The average Bonchev–Trinajstić information content (AvgIpc) is 1.31. The maximum Gasteiger partial charge on any atom is 0.636 e. The Bertz CT molecular complexity index is 51.6. The molecule has 0 aromatic heterocycles. The first-order valence-corrected chi connectivity index (χ1v) is 1.19. The number of alkyl halides is 3. The first kappa shape index (κ1) is 6.52. The maximum atomic E-state index is 10.4. The van der Waals surface area contributed by atoms with Crippen LogP contribution in [0.3, 0.4) is 0 Å². The third-order valence-electron chi connectivity index (χ3n) is 0.214. The maximum absolute atomic E-state index is 10.4. The van der Waals surface area contributed by atoms with Crippen molar-refractivity contribution >= 4 is 0 Å². The van der Waals surface area contributed by atoms with Crippen molar-refractivity contribution in [1.82, 2.24) is 0 Å². The minimum absolute atomic E-state index is 3.51. The van der Waals surface area contributed by atoms with Gasteiger partial charge in [0.25, 0.3) is 0 Å². The van der Waals surface area contributed by atoms with Gasteiger partial charge in [0.2, 0.25) is 0 Å². The lowest BCUT2D eigenvalue weighted by molar-refractivity contribution is -0.165. The average molecular weight is 119 g/mol. The summed E-state index contributed by atoms with van der Waals surface area (Å²) in [5, 5.41) is 0. The zero-order chi connectivity index (χ0) is 6.08. The highest BCUT2D eigenvalue weighted by Crippen LogP contribution is 2.29. The predicted octanol–water partition coefficient (Wildman–Crippen LogP) is 1.98. The van der Waals surface area contributed by atoms with E-state index in [1.54, 1.807) is 0 Å². The molecule has 0 nitrogen and oxygen atoms in total. The van der Waals surface area contributed by atoms with Crippen molar-refractivity contribution in [2.75, 3.05) is 0 Å². The number of hydrogen-bond acceptors (Lipinski definition) is 0. The largest absolute Gasteiger partial charge is 0.636 e. The molecule has 0 bridgehead atoms. The summed E-state index contributed by atoms with van der Waals surface area (Å²) < 4.78 is 51.8. The fourth-order valence-electron chi connectivity index (χ4n) is 0. The molecule has 42 valence electrons. The van der Waals surface area contributed by atoms with E-state index in [1.807, 2.05) is 0 Å². The highest BCUT2D eigenvalue weighted by Gasteiger charge is 2.59. The molecule has 0 spiro atoms. The smallest absolute Gasteiger partial charge is 0.121 e. The van der Waals surface area contributed by atoms with E-state index in [4.69, 9.17) is 0 Å². The van der Waals surface area contributed by atoms with Gasteiger partial charge in [-0.25, -0.2) is 0 Å². The van der Waals surface area contributed by atoms with Gasteiger partial charge in [-0.1, -0.05) is 0 Å². The van der Waals surface area contributed by atoms with Crippen molar-refractivity contribution in [3.05, 3.63) is 6.43 Å². The lowest BCUT2D eigenvalue weighted by Crippen LogP contribution is -2.11. The first-order valence-electron chi connectivity index (χ1n) is 1.19. The number of halogens is 5. The van der Waals surface area contributed by atoms with E-state index in [2.05, 4.69) is 0 Å². The molecule has 0 atom stereocenters. The summed E-state index contributed by atoms with van der Waals surface area (Å²) in [5.74, 6) is 0. The normalized spacial score (nSPS) is 11.6. The summed E-state index contributed by atoms with van der Waals surface area (Å²) in [4.78, 5) is 0. The van der Waals surface area contributed by atoms with Crippen molar-refractivity contribution in [3.63, 3.8) is 0 Å². The second-order valence-electron chi connectivity index (χ2n) is 0.758. The van der Waals surface area contributed by atoms with Crippen molar-refractivity contribution in [2.45, 2.75) is 6.18 Å². The standard InChI is InChI=1S/C2F5/c3-1(4)2(5,6)7/q+1. The van der Waals surface area contributed by atoms with Crippen LogP contribution >= 0.6 is 0 Å². The van der Waals surface area contributed by atoms with Crippen LogP contribution in [-0.4, -0.2) is 6.18 Å². The zero-order valence-electron chi connectivity index (χ0n) is 2.89. The Labute approximate surface area is 35.9 Å². The second kappa shape index (κ2) is 1.55. The van der Waals surface area contributed by atoms with Gasteiger partial charge in [0.15, 0.2) is 0 Å². The molecule has 0 N–H and O–H groups in total. The first-order chi connectivity index (χ1) is 2.94. The van der Waals surface area contributed by atoms with E-state index in [0.29, 0.717) is 0 Å². The van der Waals surface area contributed by atoms with Gasteiger partial charge in [-0.2, -0.15) is 0 Å². The Morgan fingerprint density at radius 2 is 1.14 bits per heavy atom. The molecule has 0 aromatic carbocycles. The Morgan fingerprint density at radius 3 is 1.14 bits per heavy atom. The minimum atomic E-state index is -5.42. The Hall–Kier alpha value is -0.480. The van der Waals surface area contributed by atoms with Crippen LogP contribution in [0.4, 0.5) is 22.0 Å². The molecule has 0 heterocycles.